The Hall–Kier alpha value is -0.880. The number of hydrogen-bond acceptors (Lipinski definition) is 5. The lowest BCUT2D eigenvalue weighted by atomic mass is 10.4. The van der Waals surface area contributed by atoms with Gasteiger partial charge < -0.3 is 16.0 Å². The highest BCUT2D eigenvalue weighted by molar-refractivity contribution is 9.10. The minimum absolute atomic E-state index is 0.500. The summed E-state index contributed by atoms with van der Waals surface area (Å²) in [5, 5.41) is 3.34. The van der Waals surface area contributed by atoms with Gasteiger partial charge in [0.15, 0.2) is 11.6 Å². The van der Waals surface area contributed by atoms with E-state index in [1.807, 2.05) is 0 Å². The maximum absolute atomic E-state index is 5.81. The second kappa shape index (κ2) is 4.76. The van der Waals surface area contributed by atoms with Crippen molar-refractivity contribution >= 4 is 27.6 Å². The van der Waals surface area contributed by atoms with Gasteiger partial charge in [-0.3, -0.25) is 0 Å². The molecular formula is C9H14BrN5. The zero-order chi connectivity index (χ0) is 10.7. The third kappa shape index (κ3) is 2.57. The summed E-state index contributed by atoms with van der Waals surface area (Å²) < 4.78 is 0.726. The topological polar surface area (TPSA) is 67.1 Å². The van der Waals surface area contributed by atoms with Crippen molar-refractivity contribution in [1.82, 2.24) is 15.3 Å². The predicted molar refractivity (Wildman–Crippen MR) is 63.8 cm³/mol. The maximum atomic E-state index is 5.81. The molecule has 1 aliphatic rings. The predicted octanol–water partition coefficient (Wildman–Crippen LogP) is 0.621. The number of halogens is 1. The van der Waals surface area contributed by atoms with Gasteiger partial charge in [-0.1, -0.05) is 0 Å². The van der Waals surface area contributed by atoms with Crippen LogP contribution in [0.2, 0.25) is 0 Å². The van der Waals surface area contributed by atoms with Crippen LogP contribution in [0.15, 0.2) is 10.8 Å². The normalized spacial score (nSPS) is 17.5. The number of nitrogens with one attached hydrogen (secondary N) is 1. The molecule has 6 heteroatoms. The van der Waals surface area contributed by atoms with Crippen molar-refractivity contribution < 1.29 is 0 Å². The average Bonchev–Trinajstić information content (AvgIpc) is 2.50. The molecule has 1 aromatic heterocycles. The monoisotopic (exact) mass is 271 g/mol. The third-order valence-electron chi connectivity index (χ3n) is 2.39. The molecule has 0 radical (unpaired) electrons. The van der Waals surface area contributed by atoms with Crippen molar-refractivity contribution in [2.75, 3.05) is 36.8 Å². The SMILES string of the molecule is Nc1ncc(Br)nc1N1CCCNCC1. The lowest BCUT2D eigenvalue weighted by Crippen LogP contribution is -2.29. The molecule has 5 nitrogen and oxygen atoms in total. The fraction of sp³-hybridized carbons (Fsp3) is 0.556. The van der Waals surface area contributed by atoms with E-state index in [4.69, 9.17) is 5.73 Å². The van der Waals surface area contributed by atoms with E-state index >= 15 is 0 Å². The Balaban J connectivity index is 2.22. The van der Waals surface area contributed by atoms with E-state index in [9.17, 15) is 0 Å². The second-order valence-corrected chi connectivity index (χ2v) is 4.30. The number of nitrogens with zero attached hydrogens (tertiary/aromatic N) is 3. The summed E-state index contributed by atoms with van der Waals surface area (Å²) in [6, 6.07) is 0. The van der Waals surface area contributed by atoms with Crippen LogP contribution in [-0.4, -0.2) is 36.1 Å². The molecule has 82 valence electrons. The van der Waals surface area contributed by atoms with E-state index in [-0.39, 0.29) is 0 Å². The van der Waals surface area contributed by atoms with Gasteiger partial charge in [-0.05, 0) is 28.9 Å². The molecule has 0 unspecified atom stereocenters. The molecule has 1 saturated heterocycles. The van der Waals surface area contributed by atoms with Crippen LogP contribution in [0.4, 0.5) is 11.6 Å². The van der Waals surface area contributed by atoms with Crippen molar-refractivity contribution in [3.63, 3.8) is 0 Å². The fourth-order valence-corrected chi connectivity index (χ4v) is 1.93. The van der Waals surface area contributed by atoms with Gasteiger partial charge in [0.25, 0.3) is 0 Å². The maximum Gasteiger partial charge on any atom is 0.172 e. The van der Waals surface area contributed by atoms with Crippen LogP contribution >= 0.6 is 15.9 Å². The molecule has 2 rings (SSSR count). The molecule has 1 fully saturated rings. The van der Waals surface area contributed by atoms with Crippen LogP contribution < -0.4 is 16.0 Å². The standard InChI is InChI=1S/C9H14BrN5/c10-7-6-13-8(11)9(14-7)15-4-1-2-12-3-5-15/h6,12H,1-5H2,(H2,11,13). The number of aromatic nitrogens is 2. The highest BCUT2D eigenvalue weighted by Gasteiger charge is 2.14. The number of hydrogen-bond donors (Lipinski definition) is 2. The largest absolute Gasteiger partial charge is 0.381 e. The highest BCUT2D eigenvalue weighted by Crippen LogP contribution is 2.20. The molecule has 15 heavy (non-hydrogen) atoms. The van der Waals surface area contributed by atoms with Crippen LogP contribution in [0.1, 0.15) is 6.42 Å². The molecule has 0 saturated carbocycles. The van der Waals surface area contributed by atoms with E-state index in [2.05, 4.69) is 36.1 Å². The van der Waals surface area contributed by atoms with Crippen LogP contribution in [0.25, 0.3) is 0 Å². The van der Waals surface area contributed by atoms with Crippen LogP contribution in [-0.2, 0) is 0 Å². The van der Waals surface area contributed by atoms with Gasteiger partial charge in [0.1, 0.15) is 4.60 Å². The molecule has 0 aromatic carbocycles. The van der Waals surface area contributed by atoms with Crippen molar-refractivity contribution in [2.24, 2.45) is 0 Å². The van der Waals surface area contributed by atoms with Gasteiger partial charge in [0, 0.05) is 19.6 Å². The molecule has 2 heterocycles. The summed E-state index contributed by atoms with van der Waals surface area (Å²) in [5.74, 6) is 1.29. The van der Waals surface area contributed by atoms with Crippen molar-refractivity contribution in [3.8, 4) is 0 Å². The van der Waals surface area contributed by atoms with Crippen molar-refractivity contribution in [1.29, 1.82) is 0 Å². The van der Waals surface area contributed by atoms with Gasteiger partial charge >= 0.3 is 0 Å². The Labute approximate surface area is 97.2 Å². The Kier molecular flexibility index (Phi) is 3.37. The first-order chi connectivity index (χ1) is 7.27. The molecule has 0 aliphatic carbocycles. The summed E-state index contributed by atoms with van der Waals surface area (Å²) >= 11 is 3.31. The van der Waals surface area contributed by atoms with Gasteiger partial charge in [-0.15, -0.1) is 0 Å². The van der Waals surface area contributed by atoms with E-state index in [0.717, 1.165) is 43.0 Å². The van der Waals surface area contributed by atoms with Gasteiger partial charge in [0.2, 0.25) is 0 Å². The third-order valence-corrected chi connectivity index (χ3v) is 2.77. The molecule has 0 atom stereocenters. The van der Waals surface area contributed by atoms with Gasteiger partial charge in [-0.25, -0.2) is 9.97 Å². The summed E-state index contributed by atoms with van der Waals surface area (Å²) in [6.45, 7) is 3.92. The smallest absolute Gasteiger partial charge is 0.172 e. The van der Waals surface area contributed by atoms with E-state index in [0.29, 0.717) is 5.82 Å². The first-order valence-electron chi connectivity index (χ1n) is 5.01. The molecular weight excluding hydrogens is 258 g/mol. The zero-order valence-electron chi connectivity index (χ0n) is 8.41. The number of rotatable bonds is 1. The Morgan fingerprint density at radius 2 is 2.27 bits per heavy atom. The number of anilines is 2. The van der Waals surface area contributed by atoms with Gasteiger partial charge in [0.05, 0.1) is 6.20 Å². The van der Waals surface area contributed by atoms with Crippen LogP contribution in [0.3, 0.4) is 0 Å². The van der Waals surface area contributed by atoms with Crippen molar-refractivity contribution in [3.05, 3.63) is 10.8 Å². The first kappa shape index (κ1) is 10.6. The number of nitrogen functional groups attached to an aromatic ring is 1. The minimum Gasteiger partial charge on any atom is -0.381 e. The van der Waals surface area contributed by atoms with E-state index in [1.54, 1.807) is 6.20 Å². The molecule has 0 bridgehead atoms. The number of nitrogens with two attached hydrogens (primary N) is 1. The lowest BCUT2D eigenvalue weighted by Gasteiger charge is -2.21. The van der Waals surface area contributed by atoms with Crippen molar-refractivity contribution in [2.45, 2.75) is 6.42 Å². The van der Waals surface area contributed by atoms with E-state index < -0.39 is 0 Å². The summed E-state index contributed by atoms with van der Waals surface area (Å²) in [5.41, 5.74) is 5.81. The van der Waals surface area contributed by atoms with E-state index in [1.165, 1.54) is 0 Å². The lowest BCUT2D eigenvalue weighted by molar-refractivity contribution is 0.724. The van der Waals surface area contributed by atoms with Gasteiger partial charge in [-0.2, -0.15) is 0 Å². The van der Waals surface area contributed by atoms with Crippen LogP contribution in [0, 0.1) is 0 Å². The zero-order valence-corrected chi connectivity index (χ0v) is 10.00. The summed E-state index contributed by atoms with van der Waals surface area (Å²) in [4.78, 5) is 10.6. The molecule has 1 aliphatic heterocycles. The molecule has 3 N–H and O–H groups in total. The highest BCUT2D eigenvalue weighted by atomic mass is 79.9. The molecule has 0 amide bonds. The molecule has 0 spiro atoms. The second-order valence-electron chi connectivity index (χ2n) is 3.49. The molecule has 1 aromatic rings. The Morgan fingerprint density at radius 3 is 3.13 bits per heavy atom. The van der Waals surface area contributed by atoms with Crippen LogP contribution in [0.5, 0.6) is 0 Å². The first-order valence-corrected chi connectivity index (χ1v) is 5.80. The Morgan fingerprint density at radius 1 is 1.40 bits per heavy atom. The quantitative estimate of drug-likeness (QED) is 0.784. The fourth-order valence-electron chi connectivity index (χ4n) is 1.66. The summed E-state index contributed by atoms with van der Waals surface area (Å²) in [6.07, 6.45) is 2.72. The Bertz CT molecular complexity index is 335. The minimum atomic E-state index is 0.500. The summed E-state index contributed by atoms with van der Waals surface area (Å²) in [7, 11) is 0. The average molecular weight is 272 g/mol.